The summed E-state index contributed by atoms with van der Waals surface area (Å²) in [6.07, 6.45) is 6.20. The van der Waals surface area contributed by atoms with Gasteiger partial charge < -0.3 is 10.1 Å². The summed E-state index contributed by atoms with van der Waals surface area (Å²) in [5, 5.41) is 3.49. The van der Waals surface area contributed by atoms with E-state index in [1.165, 1.54) is 32.2 Å². The van der Waals surface area contributed by atoms with Gasteiger partial charge in [0.05, 0.1) is 5.60 Å². The van der Waals surface area contributed by atoms with Crippen molar-refractivity contribution < 1.29 is 4.74 Å². The Balaban J connectivity index is 2.07. The molecule has 1 N–H and O–H groups in total. The van der Waals surface area contributed by atoms with Crippen LogP contribution in [0.4, 0.5) is 0 Å². The quantitative estimate of drug-likeness (QED) is 0.710. The summed E-state index contributed by atoms with van der Waals surface area (Å²) in [6, 6.07) is 0.715. The standard InChI is InChI=1S/C12H25NO/c1-4-8-12(2,3)14-10-7-11-6-5-9-13-11/h11,13H,4-10H2,1-3H3. The second-order valence-corrected chi connectivity index (χ2v) is 4.94. The summed E-state index contributed by atoms with van der Waals surface area (Å²) in [5.74, 6) is 0. The molecule has 1 rings (SSSR count). The van der Waals surface area contributed by atoms with Gasteiger partial charge in [0, 0.05) is 12.6 Å². The van der Waals surface area contributed by atoms with Crippen LogP contribution in [0.2, 0.25) is 0 Å². The number of rotatable bonds is 6. The highest BCUT2D eigenvalue weighted by Gasteiger charge is 2.19. The van der Waals surface area contributed by atoms with Crippen LogP contribution in [0.3, 0.4) is 0 Å². The summed E-state index contributed by atoms with van der Waals surface area (Å²) in [6.45, 7) is 8.70. The molecule has 0 radical (unpaired) electrons. The van der Waals surface area contributed by atoms with Gasteiger partial charge in [-0.05, 0) is 46.1 Å². The number of ether oxygens (including phenoxy) is 1. The van der Waals surface area contributed by atoms with E-state index < -0.39 is 0 Å². The van der Waals surface area contributed by atoms with E-state index in [1.807, 2.05) is 0 Å². The fourth-order valence-corrected chi connectivity index (χ4v) is 2.15. The van der Waals surface area contributed by atoms with E-state index in [9.17, 15) is 0 Å². The average Bonchev–Trinajstić information content (AvgIpc) is 2.56. The van der Waals surface area contributed by atoms with E-state index in [4.69, 9.17) is 4.74 Å². The van der Waals surface area contributed by atoms with Crippen LogP contribution >= 0.6 is 0 Å². The number of hydrogen-bond acceptors (Lipinski definition) is 2. The zero-order valence-corrected chi connectivity index (χ0v) is 9.94. The van der Waals surface area contributed by atoms with Gasteiger partial charge in [-0.1, -0.05) is 13.3 Å². The lowest BCUT2D eigenvalue weighted by Gasteiger charge is -2.25. The molecule has 0 bridgehead atoms. The molecular formula is C12H25NO. The van der Waals surface area contributed by atoms with Crippen molar-refractivity contribution in [3.05, 3.63) is 0 Å². The molecule has 0 saturated carbocycles. The second kappa shape index (κ2) is 5.72. The first-order valence-electron chi connectivity index (χ1n) is 6.01. The van der Waals surface area contributed by atoms with Crippen LogP contribution in [0.25, 0.3) is 0 Å². The molecule has 0 amide bonds. The Labute approximate surface area is 88.4 Å². The fourth-order valence-electron chi connectivity index (χ4n) is 2.15. The Hall–Kier alpha value is -0.0800. The Kier molecular flexibility index (Phi) is 4.90. The monoisotopic (exact) mass is 199 g/mol. The summed E-state index contributed by atoms with van der Waals surface area (Å²) in [5.41, 5.74) is 0.0767. The van der Waals surface area contributed by atoms with Gasteiger partial charge in [0.2, 0.25) is 0 Å². The second-order valence-electron chi connectivity index (χ2n) is 4.94. The van der Waals surface area contributed by atoms with E-state index in [0.717, 1.165) is 13.0 Å². The normalized spacial score (nSPS) is 22.9. The van der Waals surface area contributed by atoms with Crippen molar-refractivity contribution in [2.45, 2.75) is 64.5 Å². The minimum atomic E-state index is 0.0767. The van der Waals surface area contributed by atoms with E-state index >= 15 is 0 Å². The maximum Gasteiger partial charge on any atom is 0.0626 e. The number of hydrogen-bond donors (Lipinski definition) is 1. The van der Waals surface area contributed by atoms with Gasteiger partial charge >= 0.3 is 0 Å². The zero-order valence-electron chi connectivity index (χ0n) is 9.94. The smallest absolute Gasteiger partial charge is 0.0626 e. The molecule has 14 heavy (non-hydrogen) atoms. The van der Waals surface area contributed by atoms with Crippen molar-refractivity contribution in [1.82, 2.24) is 5.32 Å². The van der Waals surface area contributed by atoms with Crippen molar-refractivity contribution in [1.29, 1.82) is 0 Å². The largest absolute Gasteiger partial charge is 0.376 e. The topological polar surface area (TPSA) is 21.3 Å². The Morgan fingerprint density at radius 2 is 2.21 bits per heavy atom. The predicted molar refractivity (Wildman–Crippen MR) is 60.6 cm³/mol. The van der Waals surface area contributed by atoms with E-state index in [0.29, 0.717) is 6.04 Å². The van der Waals surface area contributed by atoms with Crippen molar-refractivity contribution in [2.24, 2.45) is 0 Å². The Bertz CT molecular complexity index is 150. The molecular weight excluding hydrogens is 174 g/mol. The SMILES string of the molecule is CCCC(C)(C)OCCC1CCCN1. The van der Waals surface area contributed by atoms with Crippen LogP contribution in [0.15, 0.2) is 0 Å². The van der Waals surface area contributed by atoms with Crippen LogP contribution in [-0.4, -0.2) is 24.8 Å². The third kappa shape index (κ3) is 4.43. The summed E-state index contributed by atoms with van der Waals surface area (Å²) in [4.78, 5) is 0. The molecule has 1 unspecified atom stereocenters. The van der Waals surface area contributed by atoms with Crippen LogP contribution in [0, 0.1) is 0 Å². The van der Waals surface area contributed by atoms with Crippen LogP contribution < -0.4 is 5.32 Å². The van der Waals surface area contributed by atoms with Gasteiger partial charge in [-0.15, -0.1) is 0 Å². The van der Waals surface area contributed by atoms with Gasteiger partial charge in [0.15, 0.2) is 0 Å². The van der Waals surface area contributed by atoms with E-state index in [1.54, 1.807) is 0 Å². The highest BCUT2D eigenvalue weighted by Crippen LogP contribution is 2.17. The van der Waals surface area contributed by atoms with Crippen LogP contribution in [0.1, 0.15) is 52.9 Å². The Morgan fingerprint density at radius 1 is 1.43 bits per heavy atom. The first-order valence-corrected chi connectivity index (χ1v) is 6.01. The molecule has 1 atom stereocenters. The van der Waals surface area contributed by atoms with Gasteiger partial charge in [0.1, 0.15) is 0 Å². The van der Waals surface area contributed by atoms with Gasteiger partial charge in [-0.2, -0.15) is 0 Å². The molecule has 1 aliphatic heterocycles. The lowest BCUT2D eigenvalue weighted by Crippen LogP contribution is -2.28. The van der Waals surface area contributed by atoms with Gasteiger partial charge in [0.25, 0.3) is 0 Å². The molecule has 0 aromatic heterocycles. The number of nitrogens with one attached hydrogen (secondary N) is 1. The molecule has 1 saturated heterocycles. The highest BCUT2D eigenvalue weighted by atomic mass is 16.5. The first kappa shape index (κ1) is 12.0. The van der Waals surface area contributed by atoms with Crippen molar-refractivity contribution >= 4 is 0 Å². The van der Waals surface area contributed by atoms with Crippen molar-refractivity contribution in [2.75, 3.05) is 13.2 Å². The fraction of sp³-hybridized carbons (Fsp3) is 1.00. The first-order chi connectivity index (χ1) is 6.64. The third-order valence-corrected chi connectivity index (χ3v) is 2.97. The lowest BCUT2D eigenvalue weighted by atomic mass is 10.0. The summed E-state index contributed by atoms with van der Waals surface area (Å²) in [7, 11) is 0. The summed E-state index contributed by atoms with van der Waals surface area (Å²) >= 11 is 0. The molecule has 0 aromatic carbocycles. The van der Waals surface area contributed by atoms with Crippen molar-refractivity contribution in [3.8, 4) is 0 Å². The van der Waals surface area contributed by atoms with Crippen LogP contribution in [0.5, 0.6) is 0 Å². The molecule has 0 aliphatic carbocycles. The summed E-state index contributed by atoms with van der Waals surface area (Å²) < 4.78 is 5.89. The Morgan fingerprint density at radius 3 is 2.79 bits per heavy atom. The van der Waals surface area contributed by atoms with Crippen LogP contribution in [-0.2, 0) is 4.74 Å². The molecule has 0 aromatic rings. The third-order valence-electron chi connectivity index (χ3n) is 2.97. The maximum absolute atomic E-state index is 5.89. The lowest BCUT2D eigenvalue weighted by molar-refractivity contribution is -0.0270. The molecule has 1 fully saturated rings. The average molecular weight is 199 g/mol. The van der Waals surface area contributed by atoms with E-state index in [2.05, 4.69) is 26.1 Å². The minimum absolute atomic E-state index is 0.0767. The van der Waals surface area contributed by atoms with E-state index in [-0.39, 0.29) is 5.60 Å². The maximum atomic E-state index is 5.89. The molecule has 1 aliphatic rings. The predicted octanol–water partition coefficient (Wildman–Crippen LogP) is 2.72. The molecule has 84 valence electrons. The van der Waals surface area contributed by atoms with Gasteiger partial charge in [-0.25, -0.2) is 0 Å². The zero-order chi connectivity index (χ0) is 10.4. The highest BCUT2D eigenvalue weighted by molar-refractivity contribution is 4.74. The molecule has 1 heterocycles. The molecule has 2 heteroatoms. The molecule has 2 nitrogen and oxygen atoms in total. The molecule has 0 spiro atoms. The van der Waals surface area contributed by atoms with Gasteiger partial charge in [-0.3, -0.25) is 0 Å². The minimum Gasteiger partial charge on any atom is -0.376 e. The van der Waals surface area contributed by atoms with Crippen molar-refractivity contribution in [3.63, 3.8) is 0 Å².